The third-order valence-electron chi connectivity index (χ3n) is 6.09. The van der Waals surface area contributed by atoms with E-state index >= 15 is 0 Å². The molecular formula is C24H20ClF3N4O4. The molecule has 3 aromatic carbocycles. The molecule has 12 heteroatoms. The van der Waals surface area contributed by atoms with Gasteiger partial charge in [0.2, 0.25) is 0 Å². The lowest BCUT2D eigenvalue weighted by Gasteiger charge is -2.40. The molecule has 1 aliphatic rings. The van der Waals surface area contributed by atoms with E-state index in [1.807, 2.05) is 42.5 Å². The Labute approximate surface area is 208 Å². The van der Waals surface area contributed by atoms with Crippen molar-refractivity contribution in [1.29, 1.82) is 0 Å². The van der Waals surface area contributed by atoms with Gasteiger partial charge in [0.05, 0.1) is 21.5 Å². The molecule has 1 aliphatic heterocycles. The summed E-state index contributed by atoms with van der Waals surface area (Å²) in [7, 11) is 0. The number of rotatable bonds is 6. The minimum absolute atomic E-state index is 0.143. The van der Waals surface area contributed by atoms with Gasteiger partial charge < -0.3 is 4.90 Å². The summed E-state index contributed by atoms with van der Waals surface area (Å²) in [5.74, 6) is 0. The first-order valence-electron chi connectivity index (χ1n) is 10.9. The van der Waals surface area contributed by atoms with E-state index in [2.05, 4.69) is 4.90 Å². The average Bonchev–Trinajstić information content (AvgIpc) is 2.85. The molecule has 0 aromatic heterocycles. The van der Waals surface area contributed by atoms with E-state index in [0.29, 0.717) is 30.2 Å². The van der Waals surface area contributed by atoms with Gasteiger partial charge in [-0.25, -0.2) is 0 Å². The first kappa shape index (κ1) is 25.4. The molecule has 0 aliphatic carbocycles. The molecule has 8 nitrogen and oxygen atoms in total. The predicted octanol–water partition coefficient (Wildman–Crippen LogP) is 6.09. The van der Waals surface area contributed by atoms with Crippen molar-refractivity contribution >= 4 is 28.7 Å². The third kappa shape index (κ3) is 5.26. The molecular weight excluding hydrogens is 501 g/mol. The smallest absolute Gasteiger partial charge is 0.358 e. The summed E-state index contributed by atoms with van der Waals surface area (Å²) in [5.41, 5.74) is -1.77. The summed E-state index contributed by atoms with van der Waals surface area (Å²) < 4.78 is 39.8. The van der Waals surface area contributed by atoms with Gasteiger partial charge in [0.25, 0.3) is 11.4 Å². The van der Waals surface area contributed by atoms with Crippen LogP contribution >= 0.6 is 11.6 Å². The second kappa shape index (κ2) is 10.1. The van der Waals surface area contributed by atoms with Gasteiger partial charge in [0.15, 0.2) is 5.69 Å². The number of hydrogen-bond donors (Lipinski definition) is 0. The molecule has 1 heterocycles. The molecule has 0 bridgehead atoms. The Morgan fingerprint density at radius 2 is 1.31 bits per heavy atom. The third-order valence-corrected chi connectivity index (χ3v) is 6.34. The Kier molecular flexibility index (Phi) is 7.14. The summed E-state index contributed by atoms with van der Waals surface area (Å²) in [6.45, 7) is 1.00. The molecule has 36 heavy (non-hydrogen) atoms. The van der Waals surface area contributed by atoms with Crippen molar-refractivity contribution in [2.24, 2.45) is 0 Å². The molecule has 0 radical (unpaired) electrons. The maximum Gasteiger partial charge on any atom is 0.416 e. The number of benzene rings is 3. The maximum absolute atomic E-state index is 13.3. The lowest BCUT2D eigenvalue weighted by atomic mass is 9.96. The van der Waals surface area contributed by atoms with Gasteiger partial charge in [-0.15, -0.1) is 0 Å². The van der Waals surface area contributed by atoms with Crippen LogP contribution in [0.2, 0.25) is 5.02 Å². The molecule has 1 fully saturated rings. The van der Waals surface area contributed by atoms with Crippen LogP contribution in [0.15, 0.2) is 66.7 Å². The average molecular weight is 521 g/mol. The molecule has 188 valence electrons. The summed E-state index contributed by atoms with van der Waals surface area (Å²) in [4.78, 5) is 24.8. The van der Waals surface area contributed by atoms with E-state index in [9.17, 15) is 33.4 Å². The van der Waals surface area contributed by atoms with Gasteiger partial charge in [0.1, 0.15) is 0 Å². The van der Waals surface area contributed by atoms with Crippen LogP contribution in [0.3, 0.4) is 0 Å². The minimum atomic E-state index is -4.96. The molecule has 0 saturated carbocycles. The Balaban J connectivity index is 1.67. The number of halogens is 4. The minimum Gasteiger partial charge on any atom is -0.358 e. The summed E-state index contributed by atoms with van der Waals surface area (Å²) in [6, 6.07) is 17.5. The largest absolute Gasteiger partial charge is 0.416 e. The quantitative estimate of drug-likeness (QED) is 0.288. The Hall–Kier alpha value is -3.70. The monoisotopic (exact) mass is 520 g/mol. The first-order chi connectivity index (χ1) is 17.1. The number of anilines is 1. The zero-order valence-corrected chi connectivity index (χ0v) is 19.4. The molecule has 1 saturated heterocycles. The van der Waals surface area contributed by atoms with Crippen LogP contribution in [-0.4, -0.2) is 40.9 Å². The van der Waals surface area contributed by atoms with Gasteiger partial charge in [-0.05, 0) is 23.3 Å². The van der Waals surface area contributed by atoms with Gasteiger partial charge in [-0.2, -0.15) is 13.2 Å². The number of alkyl halides is 3. The summed E-state index contributed by atoms with van der Waals surface area (Å²) in [6.07, 6.45) is -4.96. The molecule has 4 rings (SSSR count). The van der Waals surface area contributed by atoms with E-state index in [1.165, 1.54) is 4.90 Å². The van der Waals surface area contributed by atoms with Crippen LogP contribution in [0, 0.1) is 20.2 Å². The molecule has 0 spiro atoms. The van der Waals surface area contributed by atoms with Crippen molar-refractivity contribution < 1.29 is 23.0 Å². The molecule has 1 atom stereocenters. The van der Waals surface area contributed by atoms with Gasteiger partial charge in [-0.1, -0.05) is 54.1 Å². The highest BCUT2D eigenvalue weighted by molar-refractivity contribution is 6.30. The maximum atomic E-state index is 13.3. The van der Waals surface area contributed by atoms with Crippen molar-refractivity contribution in [2.75, 3.05) is 31.1 Å². The van der Waals surface area contributed by atoms with E-state index in [4.69, 9.17) is 11.6 Å². The van der Waals surface area contributed by atoms with Gasteiger partial charge >= 0.3 is 6.18 Å². The highest BCUT2D eigenvalue weighted by Crippen LogP contribution is 2.44. The van der Waals surface area contributed by atoms with Crippen LogP contribution in [-0.2, 0) is 6.18 Å². The van der Waals surface area contributed by atoms with E-state index in [1.54, 1.807) is 12.1 Å². The van der Waals surface area contributed by atoms with E-state index in [-0.39, 0.29) is 19.1 Å². The van der Waals surface area contributed by atoms with E-state index < -0.39 is 38.6 Å². The van der Waals surface area contributed by atoms with Crippen LogP contribution in [0.4, 0.5) is 30.2 Å². The van der Waals surface area contributed by atoms with Crippen molar-refractivity contribution in [1.82, 2.24) is 4.90 Å². The first-order valence-corrected chi connectivity index (χ1v) is 11.3. The van der Waals surface area contributed by atoms with Gasteiger partial charge in [0, 0.05) is 43.3 Å². The normalized spacial score (nSPS) is 15.5. The summed E-state index contributed by atoms with van der Waals surface area (Å²) >= 11 is 6.05. The van der Waals surface area contributed by atoms with Crippen LogP contribution in [0.1, 0.15) is 22.7 Å². The SMILES string of the molecule is O=[N+]([O-])c1cc(C(F)(F)F)cc([N+](=O)[O-])c1N1CCN([C@@H](c2ccccc2)c2ccc(Cl)cc2)CC1. The molecule has 3 aromatic rings. The van der Waals surface area contributed by atoms with E-state index in [0.717, 1.165) is 11.1 Å². The van der Waals surface area contributed by atoms with Crippen LogP contribution < -0.4 is 4.90 Å². The predicted molar refractivity (Wildman–Crippen MR) is 128 cm³/mol. The second-order valence-corrected chi connectivity index (χ2v) is 8.70. The zero-order valence-electron chi connectivity index (χ0n) is 18.7. The topological polar surface area (TPSA) is 92.8 Å². The van der Waals surface area contributed by atoms with Crippen molar-refractivity contribution in [3.8, 4) is 0 Å². The molecule has 0 amide bonds. The zero-order chi connectivity index (χ0) is 26.0. The van der Waals surface area contributed by atoms with Crippen molar-refractivity contribution in [3.05, 3.63) is 109 Å². The van der Waals surface area contributed by atoms with Crippen molar-refractivity contribution in [2.45, 2.75) is 12.2 Å². The number of nitrogens with zero attached hydrogens (tertiary/aromatic N) is 4. The standard InChI is InChI=1S/C24H20ClF3N4O4/c25-19-8-6-17(7-9-19)22(16-4-2-1-3-5-16)29-10-12-30(13-11-29)23-20(31(33)34)14-18(24(26,27)28)15-21(23)32(35)36/h1-9,14-15,22H,10-13H2/t22-/m0/s1. The van der Waals surface area contributed by atoms with Crippen LogP contribution in [0.5, 0.6) is 0 Å². The Bertz CT molecular complexity index is 1230. The fourth-order valence-corrected chi connectivity index (χ4v) is 4.59. The number of hydrogen-bond acceptors (Lipinski definition) is 6. The fraction of sp³-hybridized carbons (Fsp3) is 0.250. The number of piperazine rings is 1. The highest BCUT2D eigenvalue weighted by Gasteiger charge is 2.40. The highest BCUT2D eigenvalue weighted by atomic mass is 35.5. The Morgan fingerprint density at radius 3 is 1.78 bits per heavy atom. The number of nitro groups is 2. The fourth-order valence-electron chi connectivity index (χ4n) is 4.47. The lowest BCUT2D eigenvalue weighted by molar-refractivity contribution is -0.393. The Morgan fingerprint density at radius 1 is 0.806 bits per heavy atom. The second-order valence-electron chi connectivity index (χ2n) is 8.26. The number of nitro benzene ring substituents is 2. The molecule has 0 unspecified atom stereocenters. The molecule has 0 N–H and O–H groups in total. The summed E-state index contributed by atoms with van der Waals surface area (Å²) in [5, 5.41) is 23.9. The van der Waals surface area contributed by atoms with Crippen molar-refractivity contribution in [3.63, 3.8) is 0 Å². The van der Waals surface area contributed by atoms with Gasteiger partial charge in [-0.3, -0.25) is 25.1 Å². The van der Waals surface area contributed by atoms with Crippen LogP contribution in [0.25, 0.3) is 0 Å². The lowest BCUT2D eigenvalue weighted by Crippen LogP contribution is -2.48.